The van der Waals surface area contributed by atoms with E-state index < -0.39 is 11.4 Å². The minimum atomic E-state index is -0.516. The lowest BCUT2D eigenvalue weighted by atomic mass is 10.0. The molecule has 0 aliphatic heterocycles. The zero-order chi connectivity index (χ0) is 14.8. The van der Waals surface area contributed by atoms with Gasteiger partial charge >= 0.3 is 0 Å². The van der Waals surface area contributed by atoms with Gasteiger partial charge in [-0.05, 0) is 53.8 Å². The van der Waals surface area contributed by atoms with Gasteiger partial charge in [0.25, 0.3) is 5.56 Å². The minimum absolute atomic E-state index is 0.0900. The number of pyridine rings is 1. The molecule has 0 saturated heterocycles. The summed E-state index contributed by atoms with van der Waals surface area (Å²) in [5.41, 5.74) is 1.19. The van der Waals surface area contributed by atoms with Gasteiger partial charge in [-0.1, -0.05) is 12.1 Å². The lowest BCUT2D eigenvalue weighted by Gasteiger charge is -2.07. The number of hydrogen-bond acceptors (Lipinski definition) is 2. The van der Waals surface area contributed by atoms with Crippen molar-refractivity contribution in [2.75, 3.05) is 6.61 Å². The molecule has 1 aromatic heterocycles. The molecule has 0 saturated carbocycles. The van der Waals surface area contributed by atoms with Crippen LogP contribution in [0.4, 0.5) is 4.39 Å². The number of ether oxygens (including phenoxy) is 1. The second kappa shape index (κ2) is 5.40. The maximum absolute atomic E-state index is 14.1. The van der Waals surface area contributed by atoms with Crippen molar-refractivity contribution in [1.29, 1.82) is 0 Å². The summed E-state index contributed by atoms with van der Waals surface area (Å²) >= 11 is 0. The molecule has 3 rings (SSSR count). The molecule has 4 heteroatoms. The van der Waals surface area contributed by atoms with Crippen LogP contribution >= 0.6 is 0 Å². The van der Waals surface area contributed by atoms with Crippen LogP contribution in [-0.4, -0.2) is 11.6 Å². The van der Waals surface area contributed by atoms with Crippen LogP contribution in [0.1, 0.15) is 6.92 Å². The summed E-state index contributed by atoms with van der Waals surface area (Å²) in [7, 11) is 0. The fraction of sp³-hybridized carbons (Fsp3) is 0.118. The molecular formula is C17H14FNO2. The molecule has 0 fully saturated rings. The Kier molecular flexibility index (Phi) is 3.44. The number of aromatic nitrogens is 1. The molecule has 2 aromatic carbocycles. The van der Waals surface area contributed by atoms with Gasteiger partial charge in [0.2, 0.25) is 0 Å². The van der Waals surface area contributed by atoms with Gasteiger partial charge in [-0.2, -0.15) is 0 Å². The van der Waals surface area contributed by atoms with Gasteiger partial charge in [0.1, 0.15) is 11.6 Å². The highest BCUT2D eigenvalue weighted by Gasteiger charge is 2.08. The van der Waals surface area contributed by atoms with E-state index in [-0.39, 0.29) is 5.39 Å². The predicted octanol–water partition coefficient (Wildman–Crippen LogP) is 3.73. The molecule has 1 heterocycles. The molecule has 3 aromatic rings. The summed E-state index contributed by atoms with van der Waals surface area (Å²) < 4.78 is 19.5. The van der Waals surface area contributed by atoms with E-state index in [1.807, 2.05) is 37.3 Å². The van der Waals surface area contributed by atoms with Gasteiger partial charge in [-0.25, -0.2) is 4.39 Å². The largest absolute Gasteiger partial charge is 0.494 e. The van der Waals surface area contributed by atoms with Crippen LogP contribution < -0.4 is 10.3 Å². The van der Waals surface area contributed by atoms with E-state index in [0.717, 1.165) is 16.9 Å². The Labute approximate surface area is 121 Å². The van der Waals surface area contributed by atoms with E-state index in [1.165, 1.54) is 12.3 Å². The van der Waals surface area contributed by atoms with Crippen molar-refractivity contribution in [1.82, 2.24) is 4.98 Å². The Bertz CT molecular complexity index is 838. The summed E-state index contributed by atoms with van der Waals surface area (Å²) in [6, 6.07) is 12.3. The van der Waals surface area contributed by atoms with Gasteiger partial charge in [0, 0.05) is 6.20 Å². The molecule has 106 valence electrons. The number of benzene rings is 2. The maximum atomic E-state index is 14.1. The number of rotatable bonds is 3. The average Bonchev–Trinajstić information content (AvgIpc) is 2.48. The maximum Gasteiger partial charge on any atom is 0.258 e. The molecule has 0 radical (unpaired) electrons. The summed E-state index contributed by atoms with van der Waals surface area (Å²) in [4.78, 5) is 14.1. The molecule has 0 aliphatic carbocycles. The van der Waals surface area contributed by atoms with Crippen molar-refractivity contribution in [2.24, 2.45) is 0 Å². The lowest BCUT2D eigenvalue weighted by molar-refractivity contribution is 0.340. The Balaban J connectivity index is 2.10. The van der Waals surface area contributed by atoms with Crippen molar-refractivity contribution in [3.63, 3.8) is 0 Å². The van der Waals surface area contributed by atoms with Crippen molar-refractivity contribution >= 4 is 10.8 Å². The zero-order valence-corrected chi connectivity index (χ0v) is 11.5. The Morgan fingerprint density at radius 1 is 1.10 bits per heavy atom. The van der Waals surface area contributed by atoms with E-state index in [2.05, 4.69) is 4.98 Å². The smallest absolute Gasteiger partial charge is 0.258 e. The van der Waals surface area contributed by atoms with Gasteiger partial charge in [0.15, 0.2) is 0 Å². The van der Waals surface area contributed by atoms with Crippen LogP contribution in [0.15, 0.2) is 53.5 Å². The second-order valence-electron chi connectivity index (χ2n) is 4.69. The summed E-state index contributed by atoms with van der Waals surface area (Å²) in [5.74, 6) is 0.261. The van der Waals surface area contributed by atoms with Gasteiger partial charge in [-0.15, -0.1) is 0 Å². The molecule has 0 bridgehead atoms. The third-order valence-electron chi connectivity index (χ3n) is 3.32. The first-order valence-corrected chi connectivity index (χ1v) is 6.73. The van der Waals surface area contributed by atoms with Gasteiger partial charge in [0.05, 0.1) is 12.0 Å². The first-order valence-electron chi connectivity index (χ1n) is 6.73. The van der Waals surface area contributed by atoms with E-state index in [1.54, 1.807) is 6.07 Å². The van der Waals surface area contributed by atoms with Crippen LogP contribution in [0.3, 0.4) is 0 Å². The molecule has 21 heavy (non-hydrogen) atoms. The molecule has 0 spiro atoms. The second-order valence-corrected chi connectivity index (χ2v) is 4.69. The van der Waals surface area contributed by atoms with Crippen LogP contribution in [0.2, 0.25) is 0 Å². The number of halogens is 1. The van der Waals surface area contributed by atoms with E-state index in [4.69, 9.17) is 4.74 Å². The number of hydrogen-bond donors (Lipinski definition) is 1. The fourth-order valence-electron chi connectivity index (χ4n) is 2.36. The highest BCUT2D eigenvalue weighted by Crippen LogP contribution is 2.26. The first-order chi connectivity index (χ1) is 10.2. The minimum Gasteiger partial charge on any atom is -0.494 e. The standard InChI is InChI=1S/C17H14FNO2/c1-2-21-14-5-3-11(4-6-14)13-9-12-7-8-19-17(20)16(12)15(18)10-13/h3-10H,2H2,1H3,(H,19,20). The fourth-order valence-corrected chi connectivity index (χ4v) is 2.36. The molecule has 0 unspecified atom stereocenters. The van der Waals surface area contributed by atoms with E-state index in [9.17, 15) is 9.18 Å². The number of nitrogens with one attached hydrogen (secondary N) is 1. The van der Waals surface area contributed by atoms with E-state index in [0.29, 0.717) is 12.0 Å². The first kappa shape index (κ1) is 13.4. The summed E-state index contributed by atoms with van der Waals surface area (Å²) in [5, 5.41) is 0.676. The van der Waals surface area contributed by atoms with Crippen molar-refractivity contribution in [2.45, 2.75) is 6.92 Å². The Morgan fingerprint density at radius 3 is 2.57 bits per heavy atom. The number of aromatic amines is 1. The van der Waals surface area contributed by atoms with Crippen LogP contribution in [-0.2, 0) is 0 Å². The predicted molar refractivity (Wildman–Crippen MR) is 81.1 cm³/mol. The molecule has 3 nitrogen and oxygen atoms in total. The quantitative estimate of drug-likeness (QED) is 0.795. The van der Waals surface area contributed by atoms with E-state index >= 15 is 0 Å². The molecular weight excluding hydrogens is 269 g/mol. The van der Waals surface area contributed by atoms with Gasteiger partial charge in [-0.3, -0.25) is 4.79 Å². The highest BCUT2D eigenvalue weighted by atomic mass is 19.1. The SMILES string of the molecule is CCOc1ccc(-c2cc(F)c3c(=O)[nH]ccc3c2)cc1. The normalized spacial score (nSPS) is 10.8. The van der Waals surface area contributed by atoms with Crippen molar-refractivity contribution < 1.29 is 9.13 Å². The third-order valence-corrected chi connectivity index (χ3v) is 3.32. The Hall–Kier alpha value is -2.62. The van der Waals surface area contributed by atoms with Gasteiger partial charge < -0.3 is 9.72 Å². The monoisotopic (exact) mass is 283 g/mol. The molecule has 0 aliphatic rings. The topological polar surface area (TPSA) is 42.1 Å². The summed E-state index contributed by atoms with van der Waals surface area (Å²) in [6.07, 6.45) is 1.52. The molecule has 0 atom stereocenters. The summed E-state index contributed by atoms with van der Waals surface area (Å²) in [6.45, 7) is 2.52. The number of fused-ring (bicyclic) bond motifs is 1. The van der Waals surface area contributed by atoms with Crippen molar-refractivity contribution in [3.8, 4) is 16.9 Å². The highest BCUT2D eigenvalue weighted by molar-refractivity contribution is 5.87. The lowest BCUT2D eigenvalue weighted by Crippen LogP contribution is -2.06. The van der Waals surface area contributed by atoms with Crippen LogP contribution in [0.25, 0.3) is 21.9 Å². The molecule has 1 N–H and O–H groups in total. The van der Waals surface area contributed by atoms with Crippen molar-refractivity contribution in [3.05, 3.63) is 64.8 Å². The average molecular weight is 283 g/mol. The zero-order valence-electron chi connectivity index (χ0n) is 11.5. The van der Waals surface area contributed by atoms with Crippen LogP contribution in [0, 0.1) is 5.82 Å². The number of H-pyrrole nitrogens is 1. The Morgan fingerprint density at radius 2 is 1.86 bits per heavy atom. The van der Waals surface area contributed by atoms with Crippen LogP contribution in [0.5, 0.6) is 5.75 Å². The third kappa shape index (κ3) is 2.52. The molecule has 0 amide bonds.